The Labute approximate surface area is 119 Å². The first kappa shape index (κ1) is 14.4. The van der Waals surface area contributed by atoms with Crippen molar-refractivity contribution in [3.8, 4) is 0 Å². The average molecular weight is 285 g/mol. The summed E-state index contributed by atoms with van der Waals surface area (Å²) < 4.78 is 5.25. The van der Waals surface area contributed by atoms with E-state index in [1.54, 1.807) is 6.26 Å². The van der Waals surface area contributed by atoms with E-state index in [2.05, 4.69) is 0 Å². The topological polar surface area (TPSA) is 59.5 Å². The normalized spacial score (nSPS) is 29.1. The monoisotopic (exact) mass is 284 g/mol. The summed E-state index contributed by atoms with van der Waals surface area (Å²) in [6, 6.07) is 4.08. The van der Waals surface area contributed by atoms with Gasteiger partial charge in [0, 0.05) is 32.0 Å². The number of carbonyl (C=O) groups is 1. The van der Waals surface area contributed by atoms with Gasteiger partial charge in [-0.2, -0.15) is 0 Å². The zero-order valence-electron chi connectivity index (χ0n) is 11.0. The molecule has 1 saturated heterocycles. The van der Waals surface area contributed by atoms with Gasteiger partial charge >= 0.3 is 0 Å². The highest BCUT2D eigenvalue weighted by atomic mass is 35.5. The zero-order chi connectivity index (χ0) is 12.5. The first-order valence-electron chi connectivity index (χ1n) is 6.80. The van der Waals surface area contributed by atoms with Crippen LogP contribution in [0.15, 0.2) is 22.8 Å². The van der Waals surface area contributed by atoms with Gasteiger partial charge in [0.1, 0.15) is 5.76 Å². The van der Waals surface area contributed by atoms with Gasteiger partial charge in [-0.3, -0.25) is 4.79 Å². The Bertz CT molecular complexity index is 421. The van der Waals surface area contributed by atoms with Gasteiger partial charge < -0.3 is 15.1 Å². The van der Waals surface area contributed by atoms with E-state index in [0.717, 1.165) is 25.3 Å². The Balaban J connectivity index is 0.00000133. The maximum atomic E-state index is 12.1. The molecule has 0 bridgehead atoms. The number of fused-ring (bicyclic) bond motifs is 1. The summed E-state index contributed by atoms with van der Waals surface area (Å²) in [6.45, 7) is 1.78. The van der Waals surface area contributed by atoms with Crippen molar-refractivity contribution < 1.29 is 9.21 Å². The van der Waals surface area contributed by atoms with Crippen LogP contribution in [-0.2, 0) is 11.2 Å². The molecular weight excluding hydrogens is 264 g/mol. The molecule has 1 aliphatic carbocycles. The van der Waals surface area contributed by atoms with Crippen LogP contribution in [0, 0.1) is 11.8 Å². The van der Waals surface area contributed by atoms with E-state index in [1.165, 1.54) is 6.42 Å². The van der Waals surface area contributed by atoms with Crippen LogP contribution in [0.3, 0.4) is 0 Å². The Morgan fingerprint density at radius 1 is 1.42 bits per heavy atom. The molecule has 106 valence electrons. The lowest BCUT2D eigenvalue weighted by Gasteiger charge is -2.18. The van der Waals surface area contributed by atoms with Gasteiger partial charge in [-0.25, -0.2) is 0 Å². The zero-order valence-corrected chi connectivity index (χ0v) is 11.8. The molecule has 1 aromatic rings. The van der Waals surface area contributed by atoms with Gasteiger partial charge in [0.15, 0.2) is 0 Å². The van der Waals surface area contributed by atoms with Crippen molar-refractivity contribution >= 4 is 18.3 Å². The Morgan fingerprint density at radius 2 is 2.26 bits per heavy atom. The summed E-state index contributed by atoms with van der Waals surface area (Å²) in [5.74, 6) is 2.32. The lowest BCUT2D eigenvalue weighted by atomic mass is 9.98. The largest absolute Gasteiger partial charge is 0.469 e. The summed E-state index contributed by atoms with van der Waals surface area (Å²) in [6.07, 6.45) is 5.21. The summed E-state index contributed by atoms with van der Waals surface area (Å²) in [7, 11) is 0. The first-order valence-corrected chi connectivity index (χ1v) is 6.80. The highest BCUT2D eigenvalue weighted by Crippen LogP contribution is 2.37. The predicted molar refractivity (Wildman–Crippen MR) is 75.0 cm³/mol. The van der Waals surface area contributed by atoms with Crippen LogP contribution in [0.4, 0.5) is 0 Å². The molecule has 3 rings (SSSR count). The fourth-order valence-corrected chi connectivity index (χ4v) is 3.35. The molecule has 2 N–H and O–H groups in total. The first-order chi connectivity index (χ1) is 8.74. The highest BCUT2D eigenvalue weighted by molar-refractivity contribution is 5.85. The van der Waals surface area contributed by atoms with Gasteiger partial charge in [0.05, 0.1) is 6.26 Å². The number of hydrogen-bond acceptors (Lipinski definition) is 3. The maximum Gasteiger partial charge on any atom is 0.223 e. The minimum Gasteiger partial charge on any atom is -0.469 e. The van der Waals surface area contributed by atoms with E-state index in [4.69, 9.17) is 10.2 Å². The smallest absolute Gasteiger partial charge is 0.223 e. The second-order valence-corrected chi connectivity index (χ2v) is 5.54. The third kappa shape index (κ3) is 2.95. The van der Waals surface area contributed by atoms with Crippen LogP contribution in [-0.4, -0.2) is 29.9 Å². The third-order valence-electron chi connectivity index (χ3n) is 4.43. The van der Waals surface area contributed by atoms with E-state index in [1.807, 2.05) is 17.0 Å². The number of amides is 1. The molecule has 1 saturated carbocycles. The maximum absolute atomic E-state index is 12.1. The van der Waals surface area contributed by atoms with Crippen LogP contribution in [0.25, 0.3) is 0 Å². The lowest BCUT2D eigenvalue weighted by molar-refractivity contribution is -0.130. The Morgan fingerprint density at radius 3 is 2.95 bits per heavy atom. The highest BCUT2D eigenvalue weighted by Gasteiger charge is 2.42. The van der Waals surface area contributed by atoms with E-state index in [9.17, 15) is 4.79 Å². The van der Waals surface area contributed by atoms with Crippen molar-refractivity contribution in [2.24, 2.45) is 17.6 Å². The SMILES string of the molecule is Cl.NC1CCC2CN(C(=O)CCc3ccco3)CC12. The summed E-state index contributed by atoms with van der Waals surface area (Å²) >= 11 is 0. The van der Waals surface area contributed by atoms with Crippen molar-refractivity contribution in [2.75, 3.05) is 13.1 Å². The molecule has 3 unspecified atom stereocenters. The van der Waals surface area contributed by atoms with Crippen molar-refractivity contribution in [2.45, 2.75) is 31.7 Å². The van der Waals surface area contributed by atoms with Gasteiger partial charge in [-0.05, 0) is 36.8 Å². The number of likely N-dealkylation sites (tertiary alicyclic amines) is 1. The molecule has 1 amide bonds. The average Bonchev–Trinajstić information content (AvgIpc) is 3.05. The molecule has 2 aliphatic rings. The molecule has 0 spiro atoms. The molecular formula is C14H21ClN2O2. The molecule has 0 aromatic carbocycles. The molecule has 4 nitrogen and oxygen atoms in total. The number of furan rings is 1. The van der Waals surface area contributed by atoms with Crippen molar-refractivity contribution in [3.05, 3.63) is 24.2 Å². The number of rotatable bonds is 3. The van der Waals surface area contributed by atoms with Gasteiger partial charge in [0.25, 0.3) is 0 Å². The van der Waals surface area contributed by atoms with Gasteiger partial charge in [-0.1, -0.05) is 0 Å². The molecule has 5 heteroatoms. The quantitative estimate of drug-likeness (QED) is 0.921. The second-order valence-electron chi connectivity index (χ2n) is 5.54. The molecule has 1 aromatic heterocycles. The number of carbonyl (C=O) groups excluding carboxylic acids is 1. The van der Waals surface area contributed by atoms with Gasteiger partial charge in [-0.15, -0.1) is 12.4 Å². The van der Waals surface area contributed by atoms with Crippen LogP contribution in [0.2, 0.25) is 0 Å². The summed E-state index contributed by atoms with van der Waals surface area (Å²) in [5, 5.41) is 0. The molecule has 0 radical (unpaired) electrons. The minimum atomic E-state index is 0. The number of nitrogens with zero attached hydrogens (tertiary/aromatic N) is 1. The third-order valence-corrected chi connectivity index (χ3v) is 4.43. The molecule has 2 heterocycles. The number of hydrogen-bond donors (Lipinski definition) is 1. The summed E-state index contributed by atoms with van der Waals surface area (Å²) in [4.78, 5) is 14.1. The van der Waals surface area contributed by atoms with E-state index in [0.29, 0.717) is 30.7 Å². The Kier molecular flexibility index (Phi) is 4.53. The lowest BCUT2D eigenvalue weighted by Crippen LogP contribution is -2.33. The number of nitrogens with two attached hydrogens (primary N) is 1. The summed E-state index contributed by atoms with van der Waals surface area (Å²) in [5.41, 5.74) is 6.08. The van der Waals surface area contributed by atoms with Crippen LogP contribution in [0.5, 0.6) is 0 Å². The second kappa shape index (κ2) is 5.97. The number of aryl methyl sites for hydroxylation is 1. The van der Waals surface area contributed by atoms with E-state index >= 15 is 0 Å². The molecule has 19 heavy (non-hydrogen) atoms. The van der Waals surface area contributed by atoms with Crippen LogP contribution in [0.1, 0.15) is 25.0 Å². The van der Waals surface area contributed by atoms with Crippen molar-refractivity contribution in [1.29, 1.82) is 0 Å². The molecule has 2 fully saturated rings. The minimum absolute atomic E-state index is 0. The predicted octanol–water partition coefficient (Wildman–Crippen LogP) is 1.83. The van der Waals surface area contributed by atoms with Crippen molar-refractivity contribution in [3.63, 3.8) is 0 Å². The fraction of sp³-hybridized carbons (Fsp3) is 0.643. The molecule has 3 atom stereocenters. The Hall–Kier alpha value is -1.00. The fourth-order valence-electron chi connectivity index (χ4n) is 3.35. The number of halogens is 1. The van der Waals surface area contributed by atoms with E-state index in [-0.39, 0.29) is 18.3 Å². The van der Waals surface area contributed by atoms with Crippen molar-refractivity contribution in [1.82, 2.24) is 4.90 Å². The van der Waals surface area contributed by atoms with Crippen LogP contribution < -0.4 is 5.73 Å². The van der Waals surface area contributed by atoms with Crippen LogP contribution >= 0.6 is 12.4 Å². The molecule has 1 aliphatic heterocycles. The van der Waals surface area contributed by atoms with E-state index < -0.39 is 0 Å². The van der Waals surface area contributed by atoms with Gasteiger partial charge in [0.2, 0.25) is 5.91 Å². The standard InChI is InChI=1S/C14H20N2O2.ClH/c15-13-5-3-10-8-16(9-12(10)13)14(17)6-4-11-2-1-7-18-11;/h1-2,7,10,12-13H,3-6,8-9,15H2;1H.